The number of hydrogen-bond donors (Lipinski definition) is 4. The Morgan fingerprint density at radius 2 is 1.72 bits per heavy atom. The molecule has 2 aromatic rings. The Balaban J connectivity index is 1.46. The molecule has 2 heterocycles. The van der Waals surface area contributed by atoms with E-state index >= 15 is 0 Å². The van der Waals surface area contributed by atoms with Gasteiger partial charge in [-0.1, -0.05) is 12.1 Å². The van der Waals surface area contributed by atoms with Gasteiger partial charge in [-0.15, -0.1) is 0 Å². The highest BCUT2D eigenvalue weighted by Crippen LogP contribution is 2.36. The number of hydrogen-bond acceptors (Lipinski definition) is 6. The average Bonchev–Trinajstić information content (AvgIpc) is 2.87. The van der Waals surface area contributed by atoms with Gasteiger partial charge in [0.1, 0.15) is 11.9 Å². The van der Waals surface area contributed by atoms with Crippen LogP contribution in [0.1, 0.15) is 42.6 Å². The fraction of sp³-hybridized carbons (Fsp3) is 0.423. The molecule has 0 aromatic heterocycles. The number of likely N-dealkylation sites (tertiary alicyclic amines) is 1. The average molecular weight is 496 g/mol. The molecule has 0 saturated carbocycles. The van der Waals surface area contributed by atoms with Gasteiger partial charge < -0.3 is 34.9 Å². The number of amidine groups is 1. The van der Waals surface area contributed by atoms with E-state index in [-0.39, 0.29) is 12.1 Å². The molecule has 10 nitrogen and oxygen atoms in total. The normalized spacial score (nSPS) is 16.6. The molecule has 0 bridgehead atoms. The van der Waals surface area contributed by atoms with Crippen molar-refractivity contribution in [2.45, 2.75) is 44.9 Å². The van der Waals surface area contributed by atoms with Crippen molar-refractivity contribution in [2.75, 3.05) is 26.7 Å². The molecule has 0 spiro atoms. The maximum absolute atomic E-state index is 12.1. The zero-order chi connectivity index (χ0) is 25.8. The largest absolute Gasteiger partial charge is 0.493 e. The second-order valence-electron chi connectivity index (χ2n) is 9.12. The van der Waals surface area contributed by atoms with Gasteiger partial charge in [-0.25, -0.2) is 4.79 Å². The second-order valence-corrected chi connectivity index (χ2v) is 9.12. The maximum atomic E-state index is 12.1. The summed E-state index contributed by atoms with van der Waals surface area (Å²) in [5.74, 6) is 0.941. The summed E-state index contributed by atoms with van der Waals surface area (Å²) in [5, 5.41) is 25.4. The van der Waals surface area contributed by atoms with Gasteiger partial charge in [0, 0.05) is 44.6 Å². The van der Waals surface area contributed by atoms with E-state index in [1.807, 2.05) is 17.0 Å². The lowest BCUT2D eigenvalue weighted by Gasteiger charge is -2.32. The monoisotopic (exact) mass is 495 g/mol. The second kappa shape index (κ2) is 10.8. The van der Waals surface area contributed by atoms with Crippen LogP contribution in [-0.2, 0) is 17.8 Å². The van der Waals surface area contributed by atoms with Crippen molar-refractivity contribution in [3.63, 3.8) is 0 Å². The molecule has 1 saturated heterocycles. The minimum atomic E-state index is -1.22. The fourth-order valence-corrected chi connectivity index (χ4v) is 4.63. The quantitative estimate of drug-likeness (QED) is 0.339. The molecule has 0 radical (unpaired) electrons. The van der Waals surface area contributed by atoms with Crippen LogP contribution in [0.3, 0.4) is 0 Å². The Labute approximate surface area is 210 Å². The lowest BCUT2D eigenvalue weighted by molar-refractivity contribution is -0.145. The van der Waals surface area contributed by atoms with Gasteiger partial charge >= 0.3 is 5.97 Å². The lowest BCUT2D eigenvalue weighted by atomic mass is 9.99. The molecule has 192 valence electrons. The van der Waals surface area contributed by atoms with E-state index in [0.29, 0.717) is 48.2 Å². The van der Waals surface area contributed by atoms with Gasteiger partial charge in [0.15, 0.2) is 17.5 Å². The van der Waals surface area contributed by atoms with Gasteiger partial charge in [-0.05, 0) is 48.7 Å². The van der Waals surface area contributed by atoms with E-state index < -0.39 is 12.1 Å². The smallest absolute Gasteiger partial charge is 0.349 e. The van der Waals surface area contributed by atoms with Crippen molar-refractivity contribution in [1.82, 2.24) is 9.80 Å². The third-order valence-electron chi connectivity index (χ3n) is 6.71. The summed E-state index contributed by atoms with van der Waals surface area (Å²) in [4.78, 5) is 15.9. The summed E-state index contributed by atoms with van der Waals surface area (Å²) in [6, 6.07) is 10.6. The number of carboxylic acids is 1. The molecule has 2 aliphatic heterocycles. The van der Waals surface area contributed by atoms with Crippen LogP contribution < -0.4 is 19.9 Å². The molecule has 2 aromatic carbocycles. The number of benzene rings is 2. The molecule has 36 heavy (non-hydrogen) atoms. The molecule has 1 fully saturated rings. The zero-order valence-electron chi connectivity index (χ0n) is 20.6. The number of piperidine rings is 1. The molecule has 1 unspecified atom stereocenters. The Kier molecular flexibility index (Phi) is 7.52. The number of rotatable bonds is 7. The summed E-state index contributed by atoms with van der Waals surface area (Å²) < 4.78 is 17.6. The number of nitrogens with one attached hydrogen (secondary N) is 2. The molecular formula is C26H33N5O5. The Hall–Kier alpha value is -3.95. The first-order chi connectivity index (χ1) is 17.2. The van der Waals surface area contributed by atoms with Crippen molar-refractivity contribution < 1.29 is 24.1 Å². The Morgan fingerprint density at radius 3 is 2.31 bits per heavy atom. The predicted molar refractivity (Wildman–Crippen MR) is 135 cm³/mol. The highest BCUT2D eigenvalue weighted by molar-refractivity contribution is 5.76. The van der Waals surface area contributed by atoms with E-state index in [1.54, 1.807) is 36.1 Å². The van der Waals surface area contributed by atoms with Crippen molar-refractivity contribution >= 4 is 17.8 Å². The van der Waals surface area contributed by atoms with Crippen LogP contribution in [0.5, 0.6) is 17.2 Å². The number of fused-ring (bicyclic) bond motifs is 1. The minimum Gasteiger partial charge on any atom is -0.493 e. The third-order valence-corrected chi connectivity index (χ3v) is 6.71. The van der Waals surface area contributed by atoms with Gasteiger partial charge in [0.2, 0.25) is 6.10 Å². The summed E-state index contributed by atoms with van der Waals surface area (Å²) in [6.07, 6.45) is 1.18. The molecule has 1 atom stereocenters. The van der Waals surface area contributed by atoms with Crippen LogP contribution in [0.25, 0.3) is 0 Å². The van der Waals surface area contributed by atoms with Crippen LogP contribution >= 0.6 is 0 Å². The molecular weight excluding hydrogens is 462 g/mol. The lowest BCUT2D eigenvalue weighted by Crippen LogP contribution is -2.40. The summed E-state index contributed by atoms with van der Waals surface area (Å²) in [7, 11) is 1.51. The highest BCUT2D eigenvalue weighted by atomic mass is 16.5. The van der Waals surface area contributed by atoms with E-state index in [2.05, 4.69) is 0 Å². The summed E-state index contributed by atoms with van der Waals surface area (Å²) in [6.45, 7) is 4.48. The molecule has 5 N–H and O–H groups in total. The standard InChI is InChI=1S/C26H33N5O5/c1-16(27)30-11-8-21(9-12-30)35-20-5-3-17(4-6-20)24(25(32)33)36-23-13-18-7-10-31(26(28)29)15-19(18)14-22(23)34-2/h3-6,13-14,21,24,27H,7-12,15H2,1-2H3,(H3,28,29)(H,32,33). The molecule has 4 rings (SSSR count). The zero-order valence-corrected chi connectivity index (χ0v) is 20.6. The number of methoxy groups -OCH3 is 1. The van der Waals surface area contributed by atoms with Crippen molar-refractivity contribution in [2.24, 2.45) is 5.73 Å². The number of aliphatic carboxylic acids is 1. The van der Waals surface area contributed by atoms with Crippen LogP contribution in [0, 0.1) is 10.8 Å². The Morgan fingerprint density at radius 1 is 1.06 bits per heavy atom. The first-order valence-corrected chi connectivity index (χ1v) is 12.0. The van der Waals surface area contributed by atoms with Crippen LogP contribution in [-0.4, -0.2) is 65.5 Å². The van der Waals surface area contributed by atoms with Gasteiger partial charge in [0.25, 0.3) is 0 Å². The number of nitrogens with two attached hydrogens (primary N) is 1. The van der Waals surface area contributed by atoms with Crippen molar-refractivity contribution in [3.05, 3.63) is 53.1 Å². The highest BCUT2D eigenvalue weighted by Gasteiger charge is 2.27. The van der Waals surface area contributed by atoms with Crippen LogP contribution in [0.2, 0.25) is 0 Å². The SMILES string of the molecule is COc1cc2c(cc1OC(C(=O)O)c1ccc(OC3CCN(C(C)=N)CC3)cc1)CCN(C(=N)N)C2. The van der Waals surface area contributed by atoms with Crippen LogP contribution in [0.15, 0.2) is 36.4 Å². The maximum Gasteiger partial charge on any atom is 0.349 e. The van der Waals surface area contributed by atoms with E-state index in [9.17, 15) is 9.90 Å². The number of carboxylic acid groups (broad SMARTS) is 1. The Bertz CT molecular complexity index is 1130. The van der Waals surface area contributed by atoms with Crippen molar-refractivity contribution in [1.29, 1.82) is 10.8 Å². The predicted octanol–water partition coefficient (Wildman–Crippen LogP) is 2.99. The topological polar surface area (TPSA) is 145 Å². The molecule has 0 aliphatic carbocycles. The molecule has 2 aliphatic rings. The molecule has 0 amide bonds. The summed E-state index contributed by atoms with van der Waals surface area (Å²) >= 11 is 0. The van der Waals surface area contributed by atoms with E-state index in [1.165, 1.54) is 7.11 Å². The molecule has 10 heteroatoms. The van der Waals surface area contributed by atoms with Crippen LogP contribution in [0.4, 0.5) is 0 Å². The van der Waals surface area contributed by atoms with Gasteiger partial charge in [-0.3, -0.25) is 10.8 Å². The minimum absolute atomic E-state index is 0.0187. The van der Waals surface area contributed by atoms with E-state index in [0.717, 1.165) is 37.1 Å². The van der Waals surface area contributed by atoms with Crippen molar-refractivity contribution in [3.8, 4) is 17.2 Å². The first-order valence-electron chi connectivity index (χ1n) is 12.0. The third kappa shape index (κ3) is 5.64. The van der Waals surface area contributed by atoms with Gasteiger partial charge in [-0.2, -0.15) is 0 Å². The van der Waals surface area contributed by atoms with E-state index in [4.69, 9.17) is 30.8 Å². The first kappa shape index (κ1) is 25.2. The van der Waals surface area contributed by atoms with Gasteiger partial charge in [0.05, 0.1) is 12.9 Å². The number of nitrogens with zero attached hydrogens (tertiary/aromatic N) is 2. The number of ether oxygens (including phenoxy) is 3. The number of carbonyl (C=O) groups is 1. The fourth-order valence-electron chi connectivity index (χ4n) is 4.63. The summed E-state index contributed by atoms with van der Waals surface area (Å²) in [5.41, 5.74) is 8.11. The number of guanidine groups is 1.